The smallest absolute Gasteiger partial charge is 0.211 e. The van der Waals surface area contributed by atoms with Crippen LogP contribution in [0.25, 0.3) is 11.8 Å². The van der Waals surface area contributed by atoms with E-state index in [-0.39, 0.29) is 24.0 Å². The van der Waals surface area contributed by atoms with Gasteiger partial charge in [-0.3, -0.25) is 0 Å². The fraction of sp³-hybridized carbons (Fsp3) is 0.240. The van der Waals surface area contributed by atoms with E-state index in [2.05, 4.69) is 111 Å². The monoisotopic (exact) mass is 514 g/mol. The second-order valence-corrected chi connectivity index (χ2v) is 8.83. The lowest BCUT2D eigenvalue weighted by Gasteiger charge is -2.13. The van der Waals surface area contributed by atoms with Gasteiger partial charge in [-0.25, -0.2) is 0 Å². The number of benzene rings is 2. The maximum Gasteiger partial charge on any atom is 0.211 e. The van der Waals surface area contributed by atoms with E-state index in [0.717, 1.165) is 0 Å². The molecule has 0 bridgehead atoms. The van der Waals surface area contributed by atoms with Gasteiger partial charge in [-0.05, 0) is 35.3 Å². The molecule has 150 valence electrons. The van der Waals surface area contributed by atoms with Crippen LogP contribution in [0.5, 0.6) is 0 Å². The van der Waals surface area contributed by atoms with Crippen LogP contribution in [-0.2, 0) is 0 Å². The molecule has 0 N–H and O–H groups in total. The molecule has 1 aromatic heterocycles. The molecule has 0 amide bonds. The van der Waals surface area contributed by atoms with Crippen LogP contribution in [0.15, 0.2) is 70.6 Å². The molecule has 29 heavy (non-hydrogen) atoms. The largest absolute Gasteiger partial charge is 1.00 e. The Morgan fingerprint density at radius 2 is 1.55 bits per heavy atom. The molecule has 4 heteroatoms. The standard InChI is InChI=1S/C25H27N2S.HI/c1-17(2)21-10-12-22(13-11-21)27-18(3)14-20(15-19(27)4)16-25-26(5)23-8-6-7-9-24(23)28-25;/h6-17H,1-5H3;1H/q+1;/p-1. The lowest BCUT2D eigenvalue weighted by molar-refractivity contribution is -0.609. The molecule has 0 aliphatic carbocycles. The number of aryl methyl sites for hydroxylation is 2. The molecule has 0 spiro atoms. The number of anilines is 1. The molecule has 0 fully saturated rings. The first kappa shape index (κ1) is 21.9. The second kappa shape index (κ2) is 8.92. The Labute approximate surface area is 195 Å². The molecule has 0 unspecified atom stereocenters. The SMILES string of the molecule is Cc1cc(/C=C2/Sc3ccccc3N2C)cc(C)[n+]1-c1ccc(C(C)C)cc1.[I-]. The number of hydrogen-bond acceptors (Lipinski definition) is 2. The van der Waals surface area contributed by atoms with Crippen LogP contribution < -0.4 is 33.4 Å². The average molecular weight is 514 g/mol. The molecular formula is C25H27IN2S. The molecule has 2 nitrogen and oxygen atoms in total. The van der Waals surface area contributed by atoms with Gasteiger partial charge in [0, 0.05) is 50.1 Å². The number of fused-ring (bicyclic) bond motifs is 1. The van der Waals surface area contributed by atoms with Crippen molar-refractivity contribution in [1.82, 2.24) is 0 Å². The predicted octanol–water partition coefficient (Wildman–Crippen LogP) is 3.25. The zero-order valence-corrected chi connectivity index (χ0v) is 20.6. The molecule has 1 aliphatic heterocycles. The van der Waals surface area contributed by atoms with E-state index in [1.807, 2.05) is 11.8 Å². The normalized spacial score (nSPS) is 14.3. The maximum absolute atomic E-state index is 2.33. The Balaban J connectivity index is 0.00000240. The molecule has 4 rings (SSSR count). The fourth-order valence-corrected chi connectivity index (χ4v) is 4.93. The summed E-state index contributed by atoms with van der Waals surface area (Å²) in [5.41, 5.74) is 7.61. The lowest BCUT2D eigenvalue weighted by atomic mass is 10.0. The molecule has 0 atom stereocenters. The summed E-state index contributed by atoms with van der Waals surface area (Å²) in [5, 5.41) is 1.26. The van der Waals surface area contributed by atoms with Gasteiger partial charge in [0.25, 0.3) is 0 Å². The molecular weight excluding hydrogens is 487 g/mol. The van der Waals surface area contributed by atoms with Gasteiger partial charge < -0.3 is 28.9 Å². The van der Waals surface area contributed by atoms with Crippen LogP contribution in [0.2, 0.25) is 0 Å². The van der Waals surface area contributed by atoms with Gasteiger partial charge in [-0.1, -0.05) is 49.9 Å². The number of rotatable bonds is 3. The number of aromatic nitrogens is 1. The first-order valence-corrected chi connectivity index (χ1v) is 10.6. The van der Waals surface area contributed by atoms with Crippen LogP contribution in [0, 0.1) is 13.8 Å². The highest BCUT2D eigenvalue weighted by molar-refractivity contribution is 8.03. The third-order valence-corrected chi connectivity index (χ3v) is 6.50. The third kappa shape index (κ3) is 4.38. The zero-order valence-electron chi connectivity index (χ0n) is 17.6. The summed E-state index contributed by atoms with van der Waals surface area (Å²) < 4.78 is 2.33. The van der Waals surface area contributed by atoms with Crippen molar-refractivity contribution in [2.45, 2.75) is 38.5 Å². The number of nitrogens with zero attached hydrogens (tertiary/aromatic N) is 2. The number of pyridine rings is 1. The summed E-state index contributed by atoms with van der Waals surface area (Å²) in [6.45, 7) is 8.84. The minimum Gasteiger partial charge on any atom is -1.00 e. The minimum absolute atomic E-state index is 0. The quantitative estimate of drug-likeness (QED) is 0.392. The minimum atomic E-state index is 0. The van der Waals surface area contributed by atoms with E-state index in [4.69, 9.17) is 0 Å². The van der Waals surface area contributed by atoms with Crippen LogP contribution >= 0.6 is 11.8 Å². The highest BCUT2D eigenvalue weighted by Crippen LogP contribution is 2.45. The molecule has 0 saturated carbocycles. The van der Waals surface area contributed by atoms with E-state index < -0.39 is 0 Å². The summed E-state index contributed by atoms with van der Waals surface area (Å²) in [6, 6.07) is 22.0. The van der Waals surface area contributed by atoms with E-state index in [1.165, 1.54) is 43.8 Å². The highest BCUT2D eigenvalue weighted by atomic mass is 127. The average Bonchev–Trinajstić information content (AvgIpc) is 2.97. The molecule has 3 aromatic rings. The Bertz CT molecular complexity index is 1030. The van der Waals surface area contributed by atoms with Gasteiger partial charge in [0.05, 0.1) is 10.7 Å². The van der Waals surface area contributed by atoms with Crippen LogP contribution in [0.3, 0.4) is 0 Å². The van der Waals surface area contributed by atoms with Crippen molar-refractivity contribution in [3.8, 4) is 5.69 Å². The van der Waals surface area contributed by atoms with Gasteiger partial charge in [-0.2, -0.15) is 4.57 Å². The highest BCUT2D eigenvalue weighted by Gasteiger charge is 2.22. The predicted molar refractivity (Wildman–Crippen MR) is 120 cm³/mol. The van der Waals surface area contributed by atoms with Crippen molar-refractivity contribution in [3.05, 3.63) is 88.2 Å². The van der Waals surface area contributed by atoms with Crippen LogP contribution in [-0.4, -0.2) is 7.05 Å². The van der Waals surface area contributed by atoms with Crippen molar-refractivity contribution in [1.29, 1.82) is 0 Å². The van der Waals surface area contributed by atoms with Crippen molar-refractivity contribution in [2.24, 2.45) is 0 Å². The van der Waals surface area contributed by atoms with Crippen molar-refractivity contribution < 1.29 is 28.5 Å². The first-order chi connectivity index (χ1) is 13.4. The Morgan fingerprint density at radius 3 is 2.14 bits per heavy atom. The summed E-state index contributed by atoms with van der Waals surface area (Å²) >= 11 is 1.84. The Morgan fingerprint density at radius 1 is 0.931 bits per heavy atom. The second-order valence-electron chi connectivity index (χ2n) is 7.76. The Kier molecular flexibility index (Phi) is 6.74. The summed E-state index contributed by atoms with van der Waals surface area (Å²) in [6.07, 6.45) is 2.29. The summed E-state index contributed by atoms with van der Waals surface area (Å²) in [5.74, 6) is 0.556. The molecule has 2 aromatic carbocycles. The zero-order chi connectivity index (χ0) is 19.8. The molecule has 0 radical (unpaired) electrons. The maximum atomic E-state index is 2.33. The van der Waals surface area contributed by atoms with Gasteiger partial charge in [-0.15, -0.1) is 0 Å². The number of hydrogen-bond donors (Lipinski definition) is 0. The third-order valence-electron chi connectivity index (χ3n) is 5.34. The van der Waals surface area contributed by atoms with Crippen molar-refractivity contribution >= 4 is 23.5 Å². The molecule has 0 saturated heterocycles. The topological polar surface area (TPSA) is 7.12 Å². The number of halogens is 1. The fourth-order valence-electron chi connectivity index (χ4n) is 3.82. The number of thioether (sulfide) groups is 1. The molecule has 1 aliphatic rings. The van der Waals surface area contributed by atoms with Crippen molar-refractivity contribution in [2.75, 3.05) is 11.9 Å². The summed E-state index contributed by atoms with van der Waals surface area (Å²) in [7, 11) is 2.14. The van der Waals surface area contributed by atoms with Crippen LogP contribution in [0.4, 0.5) is 5.69 Å². The first-order valence-electron chi connectivity index (χ1n) is 9.80. The van der Waals surface area contributed by atoms with Gasteiger partial charge >= 0.3 is 0 Å². The molecule has 2 heterocycles. The summed E-state index contributed by atoms with van der Waals surface area (Å²) in [4.78, 5) is 3.59. The van der Waals surface area contributed by atoms with Gasteiger partial charge in [0.2, 0.25) is 5.69 Å². The van der Waals surface area contributed by atoms with E-state index >= 15 is 0 Å². The van der Waals surface area contributed by atoms with Crippen LogP contribution in [0.1, 0.15) is 42.3 Å². The van der Waals surface area contributed by atoms with Crippen molar-refractivity contribution in [3.63, 3.8) is 0 Å². The van der Waals surface area contributed by atoms with Gasteiger partial charge in [0.1, 0.15) is 0 Å². The van der Waals surface area contributed by atoms with E-state index in [0.29, 0.717) is 5.92 Å². The van der Waals surface area contributed by atoms with E-state index in [1.54, 1.807) is 0 Å². The number of para-hydroxylation sites is 1. The van der Waals surface area contributed by atoms with Gasteiger partial charge in [0.15, 0.2) is 11.4 Å². The lowest BCUT2D eigenvalue weighted by Crippen LogP contribution is -3.00. The van der Waals surface area contributed by atoms with E-state index in [9.17, 15) is 0 Å². The Hall–Kier alpha value is -1.79.